The summed E-state index contributed by atoms with van der Waals surface area (Å²) in [5.41, 5.74) is 0. The van der Waals surface area contributed by atoms with Crippen LogP contribution in [-0.4, -0.2) is 18.4 Å². The first-order chi connectivity index (χ1) is 7.58. The third-order valence-electron chi connectivity index (χ3n) is 1.63. The van der Waals surface area contributed by atoms with Crippen LogP contribution in [0.25, 0.3) is 0 Å². The van der Waals surface area contributed by atoms with Crippen molar-refractivity contribution in [3.8, 4) is 0 Å². The van der Waals surface area contributed by atoms with Gasteiger partial charge < -0.3 is 0 Å². The molecule has 16 heavy (non-hydrogen) atoms. The first-order valence-electron chi connectivity index (χ1n) is 4.12. The minimum Gasteiger partial charge on any atom is -0.263 e. The van der Waals surface area contributed by atoms with E-state index in [4.69, 9.17) is 11.6 Å². The first kappa shape index (κ1) is 11.3. The Morgan fingerprint density at radius 1 is 1.38 bits per heavy atom. The van der Waals surface area contributed by atoms with Crippen LogP contribution in [-0.2, 0) is 10.0 Å². The molecule has 84 valence electrons. The minimum atomic E-state index is -3.57. The van der Waals surface area contributed by atoms with Gasteiger partial charge in [-0.25, -0.2) is 18.4 Å². The van der Waals surface area contributed by atoms with E-state index in [1.165, 1.54) is 18.5 Å². The number of aromatic nitrogens is 2. The van der Waals surface area contributed by atoms with Crippen molar-refractivity contribution >= 4 is 38.8 Å². The maximum absolute atomic E-state index is 11.8. The number of nitrogens with one attached hydrogen (secondary N) is 1. The Morgan fingerprint density at radius 3 is 2.81 bits per heavy atom. The molecule has 0 amide bonds. The van der Waals surface area contributed by atoms with Gasteiger partial charge in [0.05, 0.1) is 0 Å². The van der Waals surface area contributed by atoms with E-state index in [1.54, 1.807) is 11.4 Å². The van der Waals surface area contributed by atoms with Crippen LogP contribution in [0.5, 0.6) is 0 Å². The molecule has 0 aromatic carbocycles. The number of thiophene rings is 1. The highest BCUT2D eigenvalue weighted by molar-refractivity contribution is 7.94. The van der Waals surface area contributed by atoms with Crippen molar-refractivity contribution in [2.24, 2.45) is 0 Å². The number of hydrogen-bond donors (Lipinski definition) is 1. The van der Waals surface area contributed by atoms with E-state index in [1.807, 2.05) is 0 Å². The van der Waals surface area contributed by atoms with Gasteiger partial charge in [0, 0.05) is 6.07 Å². The highest BCUT2D eigenvalue weighted by Gasteiger charge is 2.15. The van der Waals surface area contributed by atoms with E-state index in [0.717, 1.165) is 11.3 Å². The van der Waals surface area contributed by atoms with Crippen molar-refractivity contribution in [1.82, 2.24) is 9.97 Å². The van der Waals surface area contributed by atoms with E-state index in [9.17, 15) is 8.42 Å². The summed E-state index contributed by atoms with van der Waals surface area (Å²) in [5.74, 6) is 0.147. The Hall–Kier alpha value is -1.18. The van der Waals surface area contributed by atoms with E-state index >= 15 is 0 Å². The third kappa shape index (κ3) is 2.49. The van der Waals surface area contributed by atoms with E-state index in [0.29, 0.717) is 0 Å². The molecule has 0 radical (unpaired) electrons. The maximum atomic E-state index is 11.8. The number of sulfonamides is 1. The molecule has 0 saturated carbocycles. The summed E-state index contributed by atoms with van der Waals surface area (Å²) < 4.78 is 26.1. The summed E-state index contributed by atoms with van der Waals surface area (Å²) in [4.78, 5) is 7.41. The summed E-state index contributed by atoms with van der Waals surface area (Å²) in [6.45, 7) is 0. The zero-order chi connectivity index (χ0) is 11.6. The van der Waals surface area contributed by atoms with Crippen LogP contribution in [0, 0.1) is 0 Å². The summed E-state index contributed by atoms with van der Waals surface area (Å²) >= 11 is 6.74. The van der Waals surface area contributed by atoms with Gasteiger partial charge in [-0.2, -0.15) is 0 Å². The Balaban J connectivity index is 2.29. The van der Waals surface area contributed by atoms with Gasteiger partial charge in [-0.05, 0) is 11.4 Å². The molecule has 0 bridgehead atoms. The highest BCUT2D eigenvalue weighted by Crippen LogP contribution is 2.19. The quantitative estimate of drug-likeness (QED) is 0.870. The summed E-state index contributed by atoms with van der Waals surface area (Å²) in [7, 11) is -3.57. The summed E-state index contributed by atoms with van der Waals surface area (Å²) in [5, 5.41) is 1.86. The standard InChI is InChI=1S/C8H6ClN3O2S2/c9-6-4-7(11-5-10-6)12-16(13,14)8-2-1-3-15-8/h1-5H,(H,10,11,12). The van der Waals surface area contributed by atoms with Gasteiger partial charge in [-0.1, -0.05) is 17.7 Å². The van der Waals surface area contributed by atoms with Crippen LogP contribution in [0.3, 0.4) is 0 Å². The number of anilines is 1. The normalized spacial score (nSPS) is 11.3. The fraction of sp³-hybridized carbons (Fsp3) is 0. The molecule has 0 fully saturated rings. The Labute approximate surface area is 101 Å². The SMILES string of the molecule is O=S(=O)(Nc1cc(Cl)ncn1)c1cccs1. The van der Waals surface area contributed by atoms with Gasteiger partial charge in [0.1, 0.15) is 21.5 Å². The zero-order valence-corrected chi connectivity index (χ0v) is 10.2. The van der Waals surface area contributed by atoms with E-state index < -0.39 is 10.0 Å². The van der Waals surface area contributed by atoms with Crippen LogP contribution in [0.4, 0.5) is 5.82 Å². The van der Waals surface area contributed by atoms with E-state index in [-0.39, 0.29) is 15.2 Å². The molecule has 0 unspecified atom stereocenters. The van der Waals surface area contributed by atoms with Crippen molar-refractivity contribution in [3.05, 3.63) is 35.1 Å². The van der Waals surface area contributed by atoms with E-state index in [2.05, 4.69) is 14.7 Å². The predicted molar refractivity (Wildman–Crippen MR) is 62.2 cm³/mol. The van der Waals surface area contributed by atoms with Crippen LogP contribution in [0.2, 0.25) is 5.15 Å². The number of nitrogens with zero attached hydrogens (tertiary/aromatic N) is 2. The van der Waals surface area contributed by atoms with Crippen LogP contribution >= 0.6 is 22.9 Å². The lowest BCUT2D eigenvalue weighted by molar-refractivity contribution is 0.603. The van der Waals surface area contributed by atoms with Gasteiger partial charge >= 0.3 is 0 Å². The largest absolute Gasteiger partial charge is 0.272 e. The van der Waals surface area contributed by atoms with Crippen molar-refractivity contribution < 1.29 is 8.42 Å². The smallest absolute Gasteiger partial charge is 0.263 e. The zero-order valence-electron chi connectivity index (χ0n) is 7.79. The molecule has 2 aromatic rings. The molecule has 0 aliphatic rings. The monoisotopic (exact) mass is 275 g/mol. The fourth-order valence-corrected chi connectivity index (χ4v) is 3.13. The average molecular weight is 276 g/mol. The molecule has 0 aliphatic carbocycles. The first-order valence-corrected chi connectivity index (χ1v) is 6.86. The molecule has 2 heterocycles. The third-order valence-corrected chi connectivity index (χ3v) is 4.59. The fourth-order valence-electron chi connectivity index (χ4n) is 0.994. The predicted octanol–water partition coefficient (Wildman–Crippen LogP) is 1.99. The molecular formula is C8H6ClN3O2S2. The lowest BCUT2D eigenvalue weighted by atomic mass is 10.6. The van der Waals surface area contributed by atoms with Crippen molar-refractivity contribution in [1.29, 1.82) is 0 Å². The molecule has 0 aliphatic heterocycles. The second-order valence-corrected chi connectivity index (χ2v) is 6.01. The highest BCUT2D eigenvalue weighted by atomic mass is 35.5. The van der Waals surface area contributed by atoms with Gasteiger partial charge in [0.15, 0.2) is 0 Å². The van der Waals surface area contributed by atoms with Gasteiger partial charge in [-0.15, -0.1) is 11.3 Å². The molecule has 2 aromatic heterocycles. The van der Waals surface area contributed by atoms with Crippen LogP contribution in [0.1, 0.15) is 0 Å². The Morgan fingerprint density at radius 2 is 2.19 bits per heavy atom. The number of rotatable bonds is 3. The molecule has 0 saturated heterocycles. The van der Waals surface area contributed by atoms with Crippen LogP contribution < -0.4 is 4.72 Å². The van der Waals surface area contributed by atoms with Crippen LogP contribution in [0.15, 0.2) is 34.1 Å². The van der Waals surface area contributed by atoms with Gasteiger partial charge in [0.25, 0.3) is 10.0 Å². The lowest BCUT2D eigenvalue weighted by Gasteiger charge is -2.04. The second kappa shape index (κ2) is 4.36. The molecule has 5 nitrogen and oxygen atoms in total. The van der Waals surface area contributed by atoms with Crippen molar-refractivity contribution in [2.75, 3.05) is 4.72 Å². The molecular weight excluding hydrogens is 270 g/mol. The molecule has 0 spiro atoms. The van der Waals surface area contributed by atoms with Crippen molar-refractivity contribution in [2.45, 2.75) is 4.21 Å². The Kier molecular flexibility index (Phi) is 3.08. The summed E-state index contributed by atoms with van der Waals surface area (Å²) in [6.07, 6.45) is 1.19. The molecule has 0 atom stereocenters. The molecule has 8 heteroatoms. The Bertz CT molecular complexity index is 583. The number of hydrogen-bond acceptors (Lipinski definition) is 5. The number of halogens is 1. The second-order valence-electron chi connectivity index (χ2n) is 2.76. The maximum Gasteiger partial charge on any atom is 0.272 e. The summed E-state index contributed by atoms with van der Waals surface area (Å²) in [6, 6.07) is 4.51. The topological polar surface area (TPSA) is 72.0 Å². The van der Waals surface area contributed by atoms with Gasteiger partial charge in [0.2, 0.25) is 0 Å². The minimum absolute atomic E-state index is 0.147. The molecule has 2 rings (SSSR count). The van der Waals surface area contributed by atoms with Crippen molar-refractivity contribution in [3.63, 3.8) is 0 Å². The van der Waals surface area contributed by atoms with Gasteiger partial charge in [-0.3, -0.25) is 4.72 Å². The molecule has 1 N–H and O–H groups in total. The lowest BCUT2D eigenvalue weighted by Crippen LogP contribution is -2.12. The average Bonchev–Trinajstić information content (AvgIpc) is 2.69.